The summed E-state index contributed by atoms with van der Waals surface area (Å²) in [5, 5.41) is 12.5. The Balaban J connectivity index is 1.92. The Hall–Kier alpha value is -0.520. The van der Waals surface area contributed by atoms with E-state index in [4.69, 9.17) is 5.11 Å². The van der Waals surface area contributed by atoms with E-state index in [2.05, 4.69) is 27.5 Å². The summed E-state index contributed by atoms with van der Waals surface area (Å²) in [5.74, 6) is -0.891. The van der Waals surface area contributed by atoms with Crippen LogP contribution in [0.5, 0.6) is 0 Å². The summed E-state index contributed by atoms with van der Waals surface area (Å²) in [4.78, 5) is 10.9. The first-order valence-electron chi connectivity index (χ1n) is 6.84. The standard InChI is InChI=1S/C15H20BrNO2S/c1-20-15(6-2-3-7-15)10-17-9-12-5-4-11(14(18)19)8-13(12)16/h4-5,8,17H,2-3,6-7,9-10H2,1H3,(H,18,19). The number of hydrogen-bond acceptors (Lipinski definition) is 3. The molecule has 0 aromatic heterocycles. The van der Waals surface area contributed by atoms with Gasteiger partial charge in [-0.2, -0.15) is 11.8 Å². The lowest BCUT2D eigenvalue weighted by atomic mass is 10.1. The molecule has 2 rings (SSSR count). The van der Waals surface area contributed by atoms with Gasteiger partial charge in [0.15, 0.2) is 0 Å². The number of hydrogen-bond donors (Lipinski definition) is 2. The van der Waals surface area contributed by atoms with Crippen molar-refractivity contribution in [3.8, 4) is 0 Å². The fraction of sp³-hybridized carbons (Fsp3) is 0.533. The number of benzene rings is 1. The van der Waals surface area contributed by atoms with Crippen LogP contribution >= 0.6 is 27.7 Å². The summed E-state index contributed by atoms with van der Waals surface area (Å²) in [6.07, 6.45) is 7.45. The van der Waals surface area contributed by atoms with E-state index in [9.17, 15) is 4.79 Å². The van der Waals surface area contributed by atoms with E-state index in [-0.39, 0.29) is 0 Å². The minimum Gasteiger partial charge on any atom is -0.478 e. The molecule has 2 N–H and O–H groups in total. The molecular formula is C15H20BrNO2S. The monoisotopic (exact) mass is 357 g/mol. The van der Waals surface area contributed by atoms with Crippen LogP contribution in [0, 0.1) is 0 Å². The first-order valence-corrected chi connectivity index (χ1v) is 8.86. The maximum atomic E-state index is 10.9. The van der Waals surface area contributed by atoms with Crippen LogP contribution in [-0.2, 0) is 6.54 Å². The highest BCUT2D eigenvalue weighted by molar-refractivity contribution is 9.10. The van der Waals surface area contributed by atoms with Gasteiger partial charge in [-0.3, -0.25) is 0 Å². The smallest absolute Gasteiger partial charge is 0.335 e. The summed E-state index contributed by atoms with van der Waals surface area (Å²) in [6.45, 7) is 1.78. The summed E-state index contributed by atoms with van der Waals surface area (Å²) in [6, 6.07) is 5.20. The Labute approximate surface area is 132 Å². The van der Waals surface area contributed by atoms with Crippen LogP contribution in [0.15, 0.2) is 22.7 Å². The summed E-state index contributed by atoms with van der Waals surface area (Å²) < 4.78 is 1.25. The minimum absolute atomic E-state index is 0.317. The van der Waals surface area contributed by atoms with Gasteiger partial charge < -0.3 is 10.4 Å². The van der Waals surface area contributed by atoms with Gasteiger partial charge in [0.2, 0.25) is 0 Å². The van der Waals surface area contributed by atoms with Gasteiger partial charge in [0.25, 0.3) is 0 Å². The molecule has 0 unspecified atom stereocenters. The Morgan fingerprint density at radius 1 is 1.45 bits per heavy atom. The Kier molecular flexibility index (Phi) is 5.52. The molecule has 0 saturated heterocycles. The predicted octanol–water partition coefficient (Wildman–Crippen LogP) is 3.91. The highest BCUT2D eigenvalue weighted by Gasteiger charge is 2.32. The topological polar surface area (TPSA) is 49.3 Å². The highest BCUT2D eigenvalue weighted by atomic mass is 79.9. The quantitative estimate of drug-likeness (QED) is 0.810. The van der Waals surface area contributed by atoms with Crippen LogP contribution in [0.3, 0.4) is 0 Å². The Morgan fingerprint density at radius 3 is 2.70 bits per heavy atom. The maximum absolute atomic E-state index is 10.9. The number of carbonyl (C=O) groups is 1. The molecule has 1 fully saturated rings. The van der Waals surface area contributed by atoms with Crippen molar-refractivity contribution in [2.24, 2.45) is 0 Å². The largest absolute Gasteiger partial charge is 0.478 e. The first-order chi connectivity index (χ1) is 9.56. The van der Waals surface area contributed by atoms with Crippen molar-refractivity contribution in [3.05, 3.63) is 33.8 Å². The van der Waals surface area contributed by atoms with Gasteiger partial charge in [-0.1, -0.05) is 34.8 Å². The molecule has 0 amide bonds. The summed E-state index contributed by atoms with van der Waals surface area (Å²) >= 11 is 5.42. The lowest BCUT2D eigenvalue weighted by molar-refractivity contribution is 0.0697. The van der Waals surface area contributed by atoms with Crippen LogP contribution in [0.25, 0.3) is 0 Å². The van der Waals surface area contributed by atoms with Crippen molar-refractivity contribution < 1.29 is 9.90 Å². The lowest BCUT2D eigenvalue weighted by Gasteiger charge is -2.27. The molecule has 1 aromatic carbocycles. The molecule has 0 heterocycles. The van der Waals surface area contributed by atoms with Gasteiger partial charge in [0, 0.05) is 22.3 Å². The normalized spacial score (nSPS) is 17.3. The molecule has 0 aliphatic heterocycles. The molecular weight excluding hydrogens is 338 g/mol. The van der Waals surface area contributed by atoms with Crippen molar-refractivity contribution in [2.45, 2.75) is 37.0 Å². The zero-order valence-corrected chi connectivity index (χ0v) is 14.0. The summed E-state index contributed by atoms with van der Waals surface area (Å²) in [5.41, 5.74) is 1.42. The lowest BCUT2D eigenvalue weighted by Crippen LogP contribution is -2.34. The SMILES string of the molecule is CSC1(CNCc2ccc(C(=O)O)cc2Br)CCCC1. The second-order valence-corrected chi connectivity index (χ2v) is 7.44. The molecule has 110 valence electrons. The third kappa shape index (κ3) is 3.77. The molecule has 1 aliphatic rings. The number of rotatable bonds is 6. The van der Waals surface area contributed by atoms with Crippen molar-refractivity contribution >= 4 is 33.7 Å². The van der Waals surface area contributed by atoms with Gasteiger partial charge in [-0.15, -0.1) is 0 Å². The van der Waals surface area contributed by atoms with Crippen LogP contribution in [0.2, 0.25) is 0 Å². The highest BCUT2D eigenvalue weighted by Crippen LogP contribution is 2.39. The van der Waals surface area contributed by atoms with Crippen LogP contribution < -0.4 is 5.32 Å². The number of thioether (sulfide) groups is 1. The van der Waals surface area contributed by atoms with Crippen molar-refractivity contribution in [2.75, 3.05) is 12.8 Å². The molecule has 1 saturated carbocycles. The number of halogens is 1. The van der Waals surface area contributed by atoms with E-state index < -0.39 is 5.97 Å². The van der Waals surface area contributed by atoms with Crippen LogP contribution in [0.4, 0.5) is 0 Å². The van der Waals surface area contributed by atoms with Crippen LogP contribution in [0.1, 0.15) is 41.6 Å². The molecule has 5 heteroatoms. The van der Waals surface area contributed by atoms with Gasteiger partial charge in [-0.25, -0.2) is 4.79 Å². The van der Waals surface area contributed by atoms with E-state index in [1.54, 1.807) is 12.1 Å². The molecule has 0 bridgehead atoms. The zero-order chi connectivity index (χ0) is 14.6. The number of nitrogens with one attached hydrogen (secondary N) is 1. The van der Waals surface area contributed by atoms with E-state index in [0.717, 1.165) is 23.1 Å². The van der Waals surface area contributed by atoms with E-state index in [1.165, 1.54) is 25.7 Å². The Bertz CT molecular complexity index is 487. The maximum Gasteiger partial charge on any atom is 0.335 e. The van der Waals surface area contributed by atoms with Crippen molar-refractivity contribution in [1.29, 1.82) is 0 Å². The van der Waals surface area contributed by atoms with Gasteiger partial charge in [-0.05, 0) is 36.8 Å². The molecule has 0 atom stereocenters. The molecule has 20 heavy (non-hydrogen) atoms. The van der Waals surface area contributed by atoms with Gasteiger partial charge in [0.1, 0.15) is 0 Å². The third-order valence-corrected chi connectivity index (χ3v) is 6.17. The minimum atomic E-state index is -0.891. The third-order valence-electron chi connectivity index (χ3n) is 4.01. The van der Waals surface area contributed by atoms with Crippen LogP contribution in [-0.4, -0.2) is 28.6 Å². The second-order valence-electron chi connectivity index (χ2n) is 5.31. The number of aromatic carboxylic acids is 1. The Morgan fingerprint density at radius 2 is 2.15 bits per heavy atom. The molecule has 1 aromatic rings. The fourth-order valence-corrected chi connectivity index (χ4v) is 4.18. The van der Waals surface area contributed by atoms with Crippen molar-refractivity contribution in [3.63, 3.8) is 0 Å². The molecule has 0 radical (unpaired) electrons. The van der Waals surface area contributed by atoms with Crippen molar-refractivity contribution in [1.82, 2.24) is 5.32 Å². The number of carboxylic acid groups (broad SMARTS) is 1. The number of carboxylic acids is 1. The van der Waals surface area contributed by atoms with Gasteiger partial charge >= 0.3 is 5.97 Å². The average molecular weight is 358 g/mol. The van der Waals surface area contributed by atoms with E-state index in [0.29, 0.717) is 10.3 Å². The summed E-state index contributed by atoms with van der Waals surface area (Å²) in [7, 11) is 0. The zero-order valence-electron chi connectivity index (χ0n) is 11.6. The van der Waals surface area contributed by atoms with E-state index in [1.807, 2.05) is 17.8 Å². The molecule has 0 spiro atoms. The average Bonchev–Trinajstić information content (AvgIpc) is 2.90. The van der Waals surface area contributed by atoms with Gasteiger partial charge in [0.05, 0.1) is 5.56 Å². The predicted molar refractivity (Wildman–Crippen MR) is 87.5 cm³/mol. The molecule has 1 aliphatic carbocycles. The van der Waals surface area contributed by atoms with E-state index >= 15 is 0 Å². The molecule has 3 nitrogen and oxygen atoms in total. The first kappa shape index (κ1) is 15.9. The second kappa shape index (κ2) is 6.96. The fourth-order valence-electron chi connectivity index (χ4n) is 2.72.